The Labute approximate surface area is 178 Å². The van der Waals surface area contributed by atoms with E-state index in [1.807, 2.05) is 49.4 Å². The van der Waals surface area contributed by atoms with Gasteiger partial charge >= 0.3 is 12.1 Å². The van der Waals surface area contributed by atoms with Gasteiger partial charge in [0.2, 0.25) is 0 Å². The molecular weight excluding hydrogens is 405 g/mol. The number of halogens is 3. The maximum absolute atomic E-state index is 12.6. The summed E-state index contributed by atoms with van der Waals surface area (Å²) < 4.78 is 43.5. The molecule has 0 saturated carbocycles. The fourth-order valence-corrected chi connectivity index (χ4v) is 3.18. The van der Waals surface area contributed by atoms with E-state index in [-0.39, 0.29) is 13.0 Å². The highest BCUT2D eigenvalue weighted by Gasteiger charge is 2.29. The van der Waals surface area contributed by atoms with Crippen molar-refractivity contribution in [2.75, 3.05) is 6.61 Å². The lowest BCUT2D eigenvalue weighted by molar-refractivity contribution is -0.138. The van der Waals surface area contributed by atoms with Crippen molar-refractivity contribution in [3.63, 3.8) is 0 Å². The molecule has 0 radical (unpaired) electrons. The SMILES string of the molecule is Cc1cc(CC(=O)O)cc(-c2cccc(OC/C=C/c3ccc(C(F)(F)F)cc3)c2)c1. The minimum Gasteiger partial charge on any atom is -0.490 e. The number of hydrogen-bond donors (Lipinski definition) is 1. The lowest BCUT2D eigenvalue weighted by Crippen LogP contribution is -2.03. The molecule has 0 spiro atoms. The molecule has 6 heteroatoms. The Balaban J connectivity index is 1.65. The molecule has 3 aromatic carbocycles. The van der Waals surface area contributed by atoms with Crippen molar-refractivity contribution in [2.45, 2.75) is 19.5 Å². The predicted octanol–water partition coefficient (Wildman–Crippen LogP) is 6.40. The first-order valence-electron chi connectivity index (χ1n) is 9.60. The molecule has 31 heavy (non-hydrogen) atoms. The van der Waals surface area contributed by atoms with Crippen LogP contribution in [0.1, 0.15) is 22.3 Å². The molecule has 0 saturated heterocycles. The van der Waals surface area contributed by atoms with Crippen LogP contribution in [-0.4, -0.2) is 17.7 Å². The molecular formula is C25H21F3O3. The Kier molecular flexibility index (Phi) is 6.80. The second kappa shape index (κ2) is 9.51. The second-order valence-corrected chi connectivity index (χ2v) is 7.14. The number of aliphatic carboxylic acids is 1. The van der Waals surface area contributed by atoms with Crippen molar-refractivity contribution in [3.05, 3.63) is 95.1 Å². The van der Waals surface area contributed by atoms with Crippen LogP contribution in [0.5, 0.6) is 5.75 Å². The molecule has 0 heterocycles. The number of aryl methyl sites for hydroxylation is 1. The van der Waals surface area contributed by atoms with Crippen molar-refractivity contribution in [3.8, 4) is 16.9 Å². The van der Waals surface area contributed by atoms with Crippen LogP contribution in [-0.2, 0) is 17.4 Å². The van der Waals surface area contributed by atoms with Crippen LogP contribution in [0.2, 0.25) is 0 Å². The van der Waals surface area contributed by atoms with Crippen LogP contribution in [0.4, 0.5) is 13.2 Å². The predicted molar refractivity (Wildman–Crippen MR) is 114 cm³/mol. The van der Waals surface area contributed by atoms with Crippen molar-refractivity contribution in [2.24, 2.45) is 0 Å². The van der Waals surface area contributed by atoms with Gasteiger partial charge in [0.25, 0.3) is 0 Å². The van der Waals surface area contributed by atoms with Crippen molar-refractivity contribution in [1.29, 1.82) is 0 Å². The highest BCUT2D eigenvalue weighted by Crippen LogP contribution is 2.29. The highest BCUT2D eigenvalue weighted by molar-refractivity contribution is 5.73. The van der Waals surface area contributed by atoms with Gasteiger partial charge in [-0.15, -0.1) is 0 Å². The minimum atomic E-state index is -4.35. The summed E-state index contributed by atoms with van der Waals surface area (Å²) >= 11 is 0. The van der Waals surface area contributed by atoms with Crippen LogP contribution < -0.4 is 4.74 Å². The number of carboxylic acids is 1. The van der Waals surface area contributed by atoms with Crippen LogP contribution in [0.15, 0.2) is 72.8 Å². The molecule has 3 nitrogen and oxygen atoms in total. The molecule has 3 rings (SSSR count). The van der Waals surface area contributed by atoms with Crippen LogP contribution >= 0.6 is 0 Å². The van der Waals surface area contributed by atoms with E-state index in [0.29, 0.717) is 11.3 Å². The van der Waals surface area contributed by atoms with Crippen molar-refractivity contribution < 1.29 is 27.8 Å². The van der Waals surface area contributed by atoms with E-state index in [1.165, 1.54) is 12.1 Å². The third kappa shape index (κ3) is 6.47. The van der Waals surface area contributed by atoms with Crippen LogP contribution in [0.25, 0.3) is 17.2 Å². The smallest absolute Gasteiger partial charge is 0.416 e. The molecule has 0 aliphatic rings. The Bertz CT molecular complexity index is 1080. The summed E-state index contributed by atoms with van der Waals surface area (Å²) in [5.41, 5.74) is 3.48. The molecule has 1 N–H and O–H groups in total. The van der Waals surface area contributed by atoms with Gasteiger partial charge in [0.05, 0.1) is 12.0 Å². The number of hydrogen-bond acceptors (Lipinski definition) is 2. The monoisotopic (exact) mass is 426 g/mol. The Morgan fingerprint density at radius 1 is 1.00 bits per heavy atom. The van der Waals surface area contributed by atoms with Gasteiger partial charge in [0.1, 0.15) is 12.4 Å². The molecule has 0 atom stereocenters. The summed E-state index contributed by atoms with van der Waals surface area (Å²) in [5.74, 6) is -0.246. The van der Waals surface area contributed by atoms with E-state index in [2.05, 4.69) is 0 Å². The maximum atomic E-state index is 12.6. The van der Waals surface area contributed by atoms with E-state index >= 15 is 0 Å². The summed E-state index contributed by atoms with van der Waals surface area (Å²) in [6.45, 7) is 2.17. The van der Waals surface area contributed by atoms with Gasteiger partial charge in [0.15, 0.2) is 0 Å². The quantitative estimate of drug-likeness (QED) is 0.476. The molecule has 3 aromatic rings. The van der Waals surface area contributed by atoms with E-state index in [9.17, 15) is 18.0 Å². The Morgan fingerprint density at radius 2 is 1.74 bits per heavy atom. The third-order valence-electron chi connectivity index (χ3n) is 4.55. The Morgan fingerprint density at radius 3 is 2.42 bits per heavy atom. The van der Waals surface area contributed by atoms with E-state index in [4.69, 9.17) is 9.84 Å². The van der Waals surface area contributed by atoms with Gasteiger partial charge < -0.3 is 9.84 Å². The summed E-state index contributed by atoms with van der Waals surface area (Å²) in [4.78, 5) is 11.0. The normalized spacial score (nSPS) is 11.6. The fourth-order valence-electron chi connectivity index (χ4n) is 3.18. The molecule has 0 unspecified atom stereocenters. The number of ether oxygens (including phenoxy) is 1. The second-order valence-electron chi connectivity index (χ2n) is 7.14. The van der Waals surface area contributed by atoms with Gasteiger partial charge in [-0.05, 0) is 59.5 Å². The summed E-state index contributed by atoms with van der Waals surface area (Å²) in [6, 6.07) is 18.0. The molecule has 0 aliphatic heterocycles. The molecule has 0 amide bonds. The van der Waals surface area contributed by atoms with E-state index in [1.54, 1.807) is 12.2 Å². The number of rotatable bonds is 7. The van der Waals surface area contributed by atoms with Crippen LogP contribution in [0.3, 0.4) is 0 Å². The van der Waals surface area contributed by atoms with Gasteiger partial charge in [-0.1, -0.05) is 54.1 Å². The number of carbonyl (C=O) groups is 1. The molecule has 160 valence electrons. The standard InChI is InChI=1S/C25H21F3O3/c1-17-12-19(15-24(29)30)14-21(13-17)20-5-2-6-23(16-20)31-11-3-4-18-7-9-22(10-8-18)25(26,27)28/h2-10,12-14,16H,11,15H2,1H3,(H,29,30)/b4-3+. The zero-order valence-corrected chi connectivity index (χ0v) is 16.8. The topological polar surface area (TPSA) is 46.5 Å². The number of carboxylic acid groups (broad SMARTS) is 1. The lowest BCUT2D eigenvalue weighted by Gasteiger charge is -2.09. The van der Waals surface area contributed by atoms with Crippen molar-refractivity contribution >= 4 is 12.0 Å². The lowest BCUT2D eigenvalue weighted by atomic mass is 9.99. The zero-order chi connectivity index (χ0) is 22.4. The largest absolute Gasteiger partial charge is 0.490 e. The summed E-state index contributed by atoms with van der Waals surface area (Å²) in [6.07, 6.45) is -0.961. The first kappa shape index (κ1) is 22.2. The van der Waals surface area contributed by atoms with Gasteiger partial charge in [-0.3, -0.25) is 4.79 Å². The molecule has 0 aliphatic carbocycles. The molecule has 0 bridgehead atoms. The maximum Gasteiger partial charge on any atom is 0.416 e. The highest BCUT2D eigenvalue weighted by atomic mass is 19.4. The number of benzene rings is 3. The zero-order valence-electron chi connectivity index (χ0n) is 16.8. The summed E-state index contributed by atoms with van der Waals surface area (Å²) in [7, 11) is 0. The first-order valence-corrected chi connectivity index (χ1v) is 9.60. The molecule has 0 aromatic heterocycles. The summed E-state index contributed by atoms with van der Waals surface area (Å²) in [5, 5.41) is 9.04. The average molecular weight is 426 g/mol. The fraction of sp³-hybridized carbons (Fsp3) is 0.160. The van der Waals surface area contributed by atoms with Crippen molar-refractivity contribution in [1.82, 2.24) is 0 Å². The third-order valence-corrected chi connectivity index (χ3v) is 4.55. The average Bonchev–Trinajstić information content (AvgIpc) is 2.70. The number of alkyl halides is 3. The van der Waals surface area contributed by atoms with Crippen LogP contribution in [0, 0.1) is 6.92 Å². The minimum absolute atomic E-state index is 0.0420. The van der Waals surface area contributed by atoms with E-state index in [0.717, 1.165) is 34.4 Å². The Hall–Kier alpha value is -3.54. The van der Waals surface area contributed by atoms with Gasteiger partial charge in [-0.2, -0.15) is 13.2 Å². The van der Waals surface area contributed by atoms with E-state index < -0.39 is 17.7 Å². The van der Waals surface area contributed by atoms with Gasteiger partial charge in [-0.25, -0.2) is 0 Å². The molecule has 0 fully saturated rings. The van der Waals surface area contributed by atoms with Gasteiger partial charge in [0, 0.05) is 0 Å². The first-order chi connectivity index (χ1) is 14.7.